The van der Waals surface area contributed by atoms with E-state index in [1.54, 1.807) is 26.4 Å². The van der Waals surface area contributed by atoms with Crippen molar-refractivity contribution in [3.05, 3.63) is 64.2 Å². The molecule has 0 radical (unpaired) electrons. The summed E-state index contributed by atoms with van der Waals surface area (Å²) in [5.74, 6) is 1.18. The maximum absolute atomic E-state index is 12.9. The van der Waals surface area contributed by atoms with E-state index in [0.29, 0.717) is 29.1 Å². The van der Waals surface area contributed by atoms with Crippen LogP contribution < -0.4 is 20.3 Å². The van der Waals surface area contributed by atoms with E-state index >= 15 is 0 Å². The first-order valence-electron chi connectivity index (χ1n) is 9.95. The standard InChI is InChI=1S/C23H24N4O4/c1-14-4-6-18-17(10-14)21-22(26-18)23(29)27(13-25-21)9-8-20(28)24-12-15-11-16(30-2)5-7-19(15)31-3/h4-7,10-11,13,26H,8-9,12H2,1-3H3,(H,24,28). The molecule has 0 bridgehead atoms. The third-order valence-corrected chi connectivity index (χ3v) is 5.27. The van der Waals surface area contributed by atoms with Gasteiger partial charge in [-0.1, -0.05) is 11.6 Å². The molecule has 0 atom stereocenters. The normalized spacial score (nSPS) is 11.1. The van der Waals surface area contributed by atoms with Gasteiger partial charge in [0.2, 0.25) is 5.91 Å². The molecule has 0 saturated carbocycles. The number of rotatable bonds is 7. The molecule has 2 aromatic carbocycles. The first kappa shape index (κ1) is 20.5. The van der Waals surface area contributed by atoms with Crippen LogP contribution in [-0.2, 0) is 17.9 Å². The molecule has 160 valence electrons. The number of hydrogen-bond donors (Lipinski definition) is 2. The second-order valence-electron chi connectivity index (χ2n) is 7.35. The van der Waals surface area contributed by atoms with Gasteiger partial charge in [-0.3, -0.25) is 14.2 Å². The molecule has 31 heavy (non-hydrogen) atoms. The first-order valence-corrected chi connectivity index (χ1v) is 9.95. The van der Waals surface area contributed by atoms with E-state index in [1.807, 2.05) is 31.2 Å². The molecule has 4 rings (SSSR count). The number of amides is 1. The summed E-state index contributed by atoms with van der Waals surface area (Å²) in [6.45, 7) is 2.53. The van der Waals surface area contributed by atoms with Crippen molar-refractivity contribution in [2.24, 2.45) is 0 Å². The molecule has 0 aliphatic heterocycles. The lowest BCUT2D eigenvalue weighted by Gasteiger charge is -2.12. The minimum atomic E-state index is -0.193. The van der Waals surface area contributed by atoms with Gasteiger partial charge in [-0.2, -0.15) is 0 Å². The van der Waals surface area contributed by atoms with Crippen LogP contribution in [-0.4, -0.2) is 34.7 Å². The molecule has 8 heteroatoms. The first-order chi connectivity index (χ1) is 15.0. The Morgan fingerprint density at radius 2 is 2.00 bits per heavy atom. The summed E-state index contributed by atoms with van der Waals surface area (Å²) in [5.41, 5.74) is 3.68. The van der Waals surface area contributed by atoms with Gasteiger partial charge in [0.25, 0.3) is 5.56 Å². The molecule has 1 amide bonds. The van der Waals surface area contributed by atoms with Crippen LogP contribution in [0.3, 0.4) is 0 Å². The van der Waals surface area contributed by atoms with Crippen molar-refractivity contribution in [2.75, 3.05) is 14.2 Å². The van der Waals surface area contributed by atoms with Crippen LogP contribution in [0.15, 0.2) is 47.5 Å². The molecular weight excluding hydrogens is 396 g/mol. The minimum Gasteiger partial charge on any atom is -0.497 e. The third-order valence-electron chi connectivity index (χ3n) is 5.27. The number of nitrogens with one attached hydrogen (secondary N) is 2. The van der Waals surface area contributed by atoms with Gasteiger partial charge in [0.1, 0.15) is 22.5 Å². The number of aromatic nitrogens is 3. The summed E-state index contributed by atoms with van der Waals surface area (Å²) in [4.78, 5) is 32.8. The van der Waals surface area contributed by atoms with Crippen molar-refractivity contribution in [1.82, 2.24) is 19.9 Å². The minimum absolute atomic E-state index is 0.152. The zero-order chi connectivity index (χ0) is 22.0. The molecule has 0 aliphatic carbocycles. The van der Waals surface area contributed by atoms with Crippen LogP contribution in [0.4, 0.5) is 0 Å². The van der Waals surface area contributed by atoms with Crippen molar-refractivity contribution in [1.29, 1.82) is 0 Å². The molecule has 2 aromatic heterocycles. The van der Waals surface area contributed by atoms with E-state index in [1.165, 1.54) is 10.9 Å². The van der Waals surface area contributed by atoms with Crippen LogP contribution in [0, 0.1) is 6.92 Å². The van der Waals surface area contributed by atoms with Crippen LogP contribution in [0.5, 0.6) is 11.5 Å². The van der Waals surface area contributed by atoms with E-state index in [0.717, 1.165) is 22.0 Å². The maximum atomic E-state index is 12.9. The second-order valence-corrected chi connectivity index (χ2v) is 7.35. The Labute approximate surface area is 178 Å². The molecule has 2 heterocycles. The summed E-state index contributed by atoms with van der Waals surface area (Å²) in [6, 6.07) is 11.3. The Morgan fingerprint density at radius 1 is 1.16 bits per heavy atom. The number of methoxy groups -OCH3 is 2. The fourth-order valence-electron chi connectivity index (χ4n) is 3.59. The highest BCUT2D eigenvalue weighted by atomic mass is 16.5. The van der Waals surface area contributed by atoms with E-state index in [-0.39, 0.29) is 24.4 Å². The van der Waals surface area contributed by atoms with Crippen LogP contribution in [0.1, 0.15) is 17.5 Å². The summed E-state index contributed by atoms with van der Waals surface area (Å²) in [5, 5.41) is 3.78. The van der Waals surface area contributed by atoms with Gasteiger partial charge in [-0.05, 0) is 37.3 Å². The molecule has 4 aromatic rings. The van der Waals surface area contributed by atoms with E-state index in [4.69, 9.17) is 9.47 Å². The fraction of sp³-hybridized carbons (Fsp3) is 0.261. The molecule has 0 aliphatic rings. The topological polar surface area (TPSA) is 98.2 Å². The van der Waals surface area contributed by atoms with Crippen molar-refractivity contribution in [3.8, 4) is 11.5 Å². The lowest BCUT2D eigenvalue weighted by atomic mass is 10.2. The van der Waals surface area contributed by atoms with Gasteiger partial charge in [0.05, 0.1) is 20.5 Å². The van der Waals surface area contributed by atoms with Crippen LogP contribution in [0.2, 0.25) is 0 Å². The van der Waals surface area contributed by atoms with Gasteiger partial charge < -0.3 is 19.8 Å². The number of carbonyl (C=O) groups is 1. The molecule has 0 fully saturated rings. The SMILES string of the molecule is COc1ccc(OC)c(CNC(=O)CCn2cnc3c([nH]c4ccc(C)cc43)c2=O)c1. The Bertz CT molecular complexity index is 1320. The maximum Gasteiger partial charge on any atom is 0.277 e. The zero-order valence-corrected chi connectivity index (χ0v) is 17.7. The number of nitrogens with zero attached hydrogens (tertiary/aromatic N) is 2. The predicted molar refractivity (Wildman–Crippen MR) is 119 cm³/mol. The molecule has 2 N–H and O–H groups in total. The Hall–Kier alpha value is -3.81. The second kappa shape index (κ2) is 8.51. The average Bonchev–Trinajstić information content (AvgIpc) is 3.15. The van der Waals surface area contributed by atoms with E-state index in [9.17, 15) is 9.59 Å². The van der Waals surface area contributed by atoms with Gasteiger partial charge >= 0.3 is 0 Å². The number of benzene rings is 2. The highest BCUT2D eigenvalue weighted by molar-refractivity contribution is 6.04. The van der Waals surface area contributed by atoms with Gasteiger partial charge in [-0.15, -0.1) is 0 Å². The number of aryl methyl sites for hydroxylation is 2. The Morgan fingerprint density at radius 3 is 2.77 bits per heavy atom. The van der Waals surface area contributed by atoms with Crippen molar-refractivity contribution >= 4 is 27.8 Å². The molecule has 0 saturated heterocycles. The Kier molecular flexibility index (Phi) is 5.62. The van der Waals surface area contributed by atoms with Gasteiger partial charge in [0.15, 0.2) is 0 Å². The van der Waals surface area contributed by atoms with E-state index < -0.39 is 0 Å². The smallest absolute Gasteiger partial charge is 0.277 e. The number of aromatic amines is 1. The Balaban J connectivity index is 1.45. The quantitative estimate of drug-likeness (QED) is 0.479. The number of carbonyl (C=O) groups excluding carboxylic acids is 1. The molecular formula is C23H24N4O4. The van der Waals surface area contributed by atoms with Crippen molar-refractivity contribution in [2.45, 2.75) is 26.4 Å². The number of fused-ring (bicyclic) bond motifs is 3. The lowest BCUT2D eigenvalue weighted by molar-refractivity contribution is -0.121. The van der Waals surface area contributed by atoms with Gasteiger partial charge in [0, 0.05) is 36.0 Å². The zero-order valence-electron chi connectivity index (χ0n) is 17.7. The van der Waals surface area contributed by atoms with Crippen molar-refractivity contribution < 1.29 is 14.3 Å². The largest absolute Gasteiger partial charge is 0.497 e. The highest BCUT2D eigenvalue weighted by Crippen LogP contribution is 2.24. The van der Waals surface area contributed by atoms with Crippen LogP contribution >= 0.6 is 0 Å². The molecule has 0 spiro atoms. The lowest BCUT2D eigenvalue weighted by Crippen LogP contribution is -2.27. The number of H-pyrrole nitrogens is 1. The summed E-state index contributed by atoms with van der Waals surface area (Å²) < 4.78 is 12.0. The third kappa shape index (κ3) is 4.09. The van der Waals surface area contributed by atoms with Crippen LogP contribution in [0.25, 0.3) is 21.9 Å². The monoisotopic (exact) mass is 420 g/mol. The summed E-state index contributed by atoms with van der Waals surface area (Å²) in [7, 11) is 3.16. The summed E-state index contributed by atoms with van der Waals surface area (Å²) in [6.07, 6.45) is 1.65. The van der Waals surface area contributed by atoms with Crippen molar-refractivity contribution in [3.63, 3.8) is 0 Å². The molecule has 0 unspecified atom stereocenters. The fourth-order valence-corrected chi connectivity index (χ4v) is 3.59. The average molecular weight is 420 g/mol. The number of hydrogen-bond acceptors (Lipinski definition) is 5. The highest BCUT2D eigenvalue weighted by Gasteiger charge is 2.12. The molecule has 8 nitrogen and oxygen atoms in total. The summed E-state index contributed by atoms with van der Waals surface area (Å²) >= 11 is 0. The predicted octanol–water partition coefficient (Wildman–Crippen LogP) is 2.91. The van der Waals surface area contributed by atoms with E-state index in [2.05, 4.69) is 15.3 Å². The number of ether oxygens (including phenoxy) is 2. The van der Waals surface area contributed by atoms with Gasteiger partial charge in [-0.25, -0.2) is 4.98 Å².